The van der Waals surface area contributed by atoms with Crippen molar-refractivity contribution in [1.82, 2.24) is 30.2 Å². The molecule has 4 aromatic rings. The number of benzene rings is 2. The van der Waals surface area contributed by atoms with Gasteiger partial charge < -0.3 is 9.67 Å². The molecule has 2 heterocycles. The largest absolute Gasteiger partial charge is 0.477 e. The number of carbonyl (C=O) groups is 2. The topological polar surface area (TPSA) is 127 Å². The molecular formula is C23H22N6O3. The number of hydrogen-bond acceptors (Lipinski definition) is 6. The lowest BCUT2D eigenvalue weighted by molar-refractivity contribution is 0.0680. The van der Waals surface area contributed by atoms with Gasteiger partial charge in [-0.05, 0) is 28.3 Å². The normalized spacial score (nSPS) is 10.9. The molecule has 0 unspecified atom stereocenters. The maximum absolute atomic E-state index is 12.0. The molecule has 2 aromatic heterocycles. The summed E-state index contributed by atoms with van der Waals surface area (Å²) < 4.78 is 1.63. The van der Waals surface area contributed by atoms with Gasteiger partial charge in [0.15, 0.2) is 11.5 Å². The summed E-state index contributed by atoms with van der Waals surface area (Å²) in [4.78, 5) is 28.2. The lowest BCUT2D eigenvalue weighted by Gasteiger charge is -2.12. The van der Waals surface area contributed by atoms with Crippen LogP contribution in [-0.2, 0) is 13.0 Å². The SMILES string of the molecule is CCCc1nc(C(C)=O)c(C(=O)O)n1Cc1ccc(-c2ccccc2-c2nn[nH]n2)cc1. The Morgan fingerprint density at radius 3 is 2.38 bits per heavy atom. The highest BCUT2D eigenvalue weighted by atomic mass is 16.4. The van der Waals surface area contributed by atoms with Gasteiger partial charge in [0.2, 0.25) is 5.82 Å². The second-order valence-electron chi connectivity index (χ2n) is 7.40. The summed E-state index contributed by atoms with van der Waals surface area (Å²) in [5, 5.41) is 24.0. The molecule has 0 saturated carbocycles. The number of nitrogens with zero attached hydrogens (tertiary/aromatic N) is 5. The molecular weight excluding hydrogens is 408 g/mol. The van der Waals surface area contributed by atoms with Crippen LogP contribution in [0.1, 0.15) is 52.6 Å². The number of tetrazole rings is 1. The Kier molecular flexibility index (Phi) is 5.89. The molecule has 32 heavy (non-hydrogen) atoms. The Balaban J connectivity index is 1.69. The van der Waals surface area contributed by atoms with Crippen molar-refractivity contribution >= 4 is 11.8 Å². The quantitative estimate of drug-likeness (QED) is 0.409. The summed E-state index contributed by atoms with van der Waals surface area (Å²) in [6.07, 6.45) is 1.38. The minimum absolute atomic E-state index is 0.00612. The molecule has 0 bridgehead atoms. The number of hydrogen-bond donors (Lipinski definition) is 2. The van der Waals surface area contributed by atoms with Crippen LogP contribution in [-0.4, -0.2) is 47.0 Å². The Bertz CT molecular complexity index is 1260. The first kappa shape index (κ1) is 21.1. The number of Topliss-reactive ketones (excluding diaryl/α,β-unsaturated/α-hetero) is 1. The van der Waals surface area contributed by atoms with Gasteiger partial charge in [0, 0.05) is 25.5 Å². The number of aromatic amines is 1. The van der Waals surface area contributed by atoms with E-state index in [1.54, 1.807) is 4.57 Å². The molecule has 0 saturated heterocycles. The van der Waals surface area contributed by atoms with Gasteiger partial charge in [-0.15, -0.1) is 10.2 Å². The summed E-state index contributed by atoms with van der Waals surface area (Å²) in [6.45, 7) is 3.64. The molecule has 2 N–H and O–H groups in total. The fourth-order valence-electron chi connectivity index (χ4n) is 3.72. The van der Waals surface area contributed by atoms with Crippen molar-refractivity contribution in [2.75, 3.05) is 0 Å². The van der Waals surface area contributed by atoms with Crippen molar-refractivity contribution in [2.45, 2.75) is 33.2 Å². The molecule has 4 rings (SSSR count). The summed E-state index contributed by atoms with van der Waals surface area (Å²) >= 11 is 0. The lowest BCUT2D eigenvalue weighted by atomic mass is 9.98. The predicted molar refractivity (Wildman–Crippen MR) is 117 cm³/mol. The Morgan fingerprint density at radius 1 is 1.06 bits per heavy atom. The van der Waals surface area contributed by atoms with Gasteiger partial charge in [0.25, 0.3) is 0 Å². The molecule has 0 atom stereocenters. The summed E-state index contributed by atoms with van der Waals surface area (Å²) in [5.74, 6) is -0.403. The molecule has 0 aliphatic carbocycles. The first-order valence-electron chi connectivity index (χ1n) is 10.2. The average Bonchev–Trinajstić information content (AvgIpc) is 3.44. The van der Waals surface area contributed by atoms with E-state index in [1.165, 1.54) is 6.92 Å². The van der Waals surface area contributed by atoms with Crippen LogP contribution >= 0.6 is 0 Å². The first-order valence-corrected chi connectivity index (χ1v) is 10.2. The third-order valence-electron chi connectivity index (χ3n) is 5.18. The van der Waals surface area contributed by atoms with Crippen molar-refractivity contribution < 1.29 is 14.7 Å². The standard InChI is InChI=1S/C23H22N6O3/c1-3-6-19-24-20(14(2)30)21(23(31)32)29(19)13-15-9-11-16(12-10-15)17-7-4-5-8-18(17)22-25-27-28-26-22/h4-5,7-12H,3,6,13H2,1-2H3,(H,31,32)(H,25,26,27,28). The van der Waals surface area contributed by atoms with Gasteiger partial charge in [-0.2, -0.15) is 5.21 Å². The van der Waals surface area contributed by atoms with Crippen LogP contribution in [0.2, 0.25) is 0 Å². The molecule has 9 nitrogen and oxygen atoms in total. The van der Waals surface area contributed by atoms with Crippen LogP contribution in [0.4, 0.5) is 0 Å². The number of carboxylic acid groups (broad SMARTS) is 1. The van der Waals surface area contributed by atoms with Crippen molar-refractivity contribution in [1.29, 1.82) is 0 Å². The van der Waals surface area contributed by atoms with Crippen LogP contribution < -0.4 is 0 Å². The number of carbonyl (C=O) groups excluding carboxylic acids is 1. The van der Waals surface area contributed by atoms with Gasteiger partial charge in [-0.25, -0.2) is 9.78 Å². The molecule has 0 fully saturated rings. The molecule has 2 aromatic carbocycles. The predicted octanol–water partition coefficient (Wildman–Crippen LogP) is 3.63. The highest BCUT2D eigenvalue weighted by Gasteiger charge is 2.25. The number of aromatic carboxylic acids is 1. The number of imidazole rings is 1. The smallest absolute Gasteiger partial charge is 0.354 e. The third kappa shape index (κ3) is 4.04. The minimum Gasteiger partial charge on any atom is -0.477 e. The zero-order chi connectivity index (χ0) is 22.7. The highest BCUT2D eigenvalue weighted by Crippen LogP contribution is 2.30. The van der Waals surface area contributed by atoms with Gasteiger partial charge >= 0.3 is 5.97 Å². The molecule has 162 valence electrons. The van der Waals surface area contributed by atoms with Gasteiger partial charge in [-0.3, -0.25) is 4.79 Å². The van der Waals surface area contributed by atoms with E-state index in [9.17, 15) is 14.7 Å². The maximum Gasteiger partial charge on any atom is 0.354 e. The van der Waals surface area contributed by atoms with E-state index in [1.807, 2.05) is 55.5 Å². The van der Waals surface area contributed by atoms with Crippen LogP contribution in [0, 0.1) is 0 Å². The molecule has 0 aliphatic rings. The number of ketones is 1. The number of carboxylic acids is 1. The second kappa shape index (κ2) is 8.93. The van der Waals surface area contributed by atoms with E-state index in [0.29, 0.717) is 24.6 Å². The van der Waals surface area contributed by atoms with Gasteiger partial charge in [-0.1, -0.05) is 55.5 Å². The van der Waals surface area contributed by atoms with Crippen molar-refractivity contribution in [2.24, 2.45) is 0 Å². The monoisotopic (exact) mass is 430 g/mol. The van der Waals surface area contributed by atoms with Crippen LogP contribution in [0.25, 0.3) is 22.5 Å². The minimum atomic E-state index is -1.16. The highest BCUT2D eigenvalue weighted by molar-refractivity contribution is 6.02. The number of aryl methyl sites for hydroxylation is 1. The van der Waals surface area contributed by atoms with Crippen molar-refractivity contribution in [3.8, 4) is 22.5 Å². The van der Waals surface area contributed by atoms with E-state index in [4.69, 9.17) is 0 Å². The van der Waals surface area contributed by atoms with Crippen molar-refractivity contribution in [3.05, 3.63) is 71.3 Å². The Labute approximate surface area is 184 Å². The van der Waals surface area contributed by atoms with Crippen molar-refractivity contribution in [3.63, 3.8) is 0 Å². The molecule has 0 spiro atoms. The zero-order valence-corrected chi connectivity index (χ0v) is 17.7. The number of aromatic nitrogens is 6. The van der Waals surface area contributed by atoms with E-state index in [0.717, 1.165) is 28.7 Å². The van der Waals surface area contributed by atoms with E-state index < -0.39 is 5.97 Å². The summed E-state index contributed by atoms with van der Waals surface area (Å²) in [7, 11) is 0. The number of H-pyrrole nitrogens is 1. The second-order valence-corrected chi connectivity index (χ2v) is 7.40. The Morgan fingerprint density at radius 2 is 1.78 bits per heavy atom. The van der Waals surface area contributed by atoms with E-state index in [-0.39, 0.29) is 17.2 Å². The van der Waals surface area contributed by atoms with E-state index in [2.05, 4.69) is 25.6 Å². The molecule has 0 radical (unpaired) electrons. The lowest BCUT2D eigenvalue weighted by Crippen LogP contribution is -2.14. The first-order chi connectivity index (χ1) is 15.5. The fourth-order valence-corrected chi connectivity index (χ4v) is 3.72. The maximum atomic E-state index is 12.0. The number of nitrogens with one attached hydrogen (secondary N) is 1. The van der Waals surface area contributed by atoms with Crippen LogP contribution in [0.3, 0.4) is 0 Å². The van der Waals surface area contributed by atoms with Crippen LogP contribution in [0.5, 0.6) is 0 Å². The zero-order valence-electron chi connectivity index (χ0n) is 17.7. The summed E-state index contributed by atoms with van der Waals surface area (Å²) in [5.41, 5.74) is 3.63. The number of rotatable bonds is 8. The van der Waals surface area contributed by atoms with Gasteiger partial charge in [0.1, 0.15) is 11.5 Å². The fraction of sp³-hybridized carbons (Fsp3) is 0.217. The molecule has 0 amide bonds. The van der Waals surface area contributed by atoms with Crippen LogP contribution in [0.15, 0.2) is 48.5 Å². The van der Waals surface area contributed by atoms with Gasteiger partial charge in [0.05, 0.1) is 0 Å². The summed E-state index contributed by atoms with van der Waals surface area (Å²) in [6, 6.07) is 15.6. The average molecular weight is 430 g/mol. The Hall–Kier alpha value is -4.14. The molecule has 0 aliphatic heterocycles. The molecule has 9 heteroatoms. The van der Waals surface area contributed by atoms with E-state index >= 15 is 0 Å². The third-order valence-corrected chi connectivity index (χ3v) is 5.18.